The zero-order valence-electron chi connectivity index (χ0n) is 16.6. The smallest absolute Gasteiger partial charge is 0.0654 e. The largest absolute Gasteiger partial charge is 0.368 e. The number of halogens is 4. The van der Waals surface area contributed by atoms with Crippen LogP contribution in [0, 0.1) is 0 Å². The van der Waals surface area contributed by atoms with Crippen molar-refractivity contribution in [2.24, 2.45) is 0 Å². The van der Waals surface area contributed by atoms with Crippen LogP contribution in [0.25, 0.3) is 0 Å². The van der Waals surface area contributed by atoms with Gasteiger partial charge in [0, 0.05) is 47.8 Å². The van der Waals surface area contributed by atoms with Crippen molar-refractivity contribution in [3.05, 3.63) is 98.5 Å². The lowest BCUT2D eigenvalue weighted by Crippen LogP contribution is -2.47. The van der Waals surface area contributed by atoms with Gasteiger partial charge in [-0.1, -0.05) is 82.8 Å². The van der Waals surface area contributed by atoms with E-state index in [9.17, 15) is 0 Å². The van der Waals surface area contributed by atoms with Gasteiger partial charge in [0.2, 0.25) is 0 Å². The summed E-state index contributed by atoms with van der Waals surface area (Å²) >= 11 is 24.0. The van der Waals surface area contributed by atoms with E-state index in [1.165, 1.54) is 5.56 Å². The van der Waals surface area contributed by atoms with E-state index in [-0.39, 0.29) is 0 Å². The number of hydrogen-bond acceptors (Lipinski definition) is 2. The van der Waals surface area contributed by atoms with Crippen LogP contribution < -0.4 is 4.90 Å². The van der Waals surface area contributed by atoms with E-state index >= 15 is 0 Å². The molecule has 0 bridgehead atoms. The minimum absolute atomic E-state index is 0.678. The number of rotatable bonds is 4. The third-order valence-electron chi connectivity index (χ3n) is 5.01. The van der Waals surface area contributed by atoms with Crippen molar-refractivity contribution in [1.29, 1.82) is 0 Å². The van der Waals surface area contributed by atoms with Crippen molar-refractivity contribution in [1.82, 2.24) is 4.90 Å². The molecule has 6 heteroatoms. The maximum Gasteiger partial charge on any atom is 0.0654 e. The molecule has 0 radical (unpaired) electrons. The van der Waals surface area contributed by atoms with E-state index in [4.69, 9.17) is 46.4 Å². The Bertz CT molecular complexity index is 925. The predicted molar refractivity (Wildman–Crippen MR) is 132 cm³/mol. The molecule has 1 saturated heterocycles. The summed E-state index contributed by atoms with van der Waals surface area (Å²) in [5.41, 5.74) is 2.29. The fourth-order valence-electron chi connectivity index (χ4n) is 3.34. The van der Waals surface area contributed by atoms with Crippen LogP contribution in [-0.2, 0) is 6.42 Å². The van der Waals surface area contributed by atoms with Crippen molar-refractivity contribution < 1.29 is 0 Å². The molecule has 0 saturated carbocycles. The van der Waals surface area contributed by atoms with E-state index in [2.05, 4.69) is 15.9 Å². The molecule has 1 heterocycles. The highest BCUT2D eigenvalue weighted by Crippen LogP contribution is 2.29. The Morgan fingerprint density at radius 1 is 0.633 bits per heavy atom. The lowest BCUT2D eigenvalue weighted by atomic mass is 10.1. The predicted octanol–water partition coefficient (Wildman–Crippen LogP) is 7.35. The maximum absolute atomic E-state index is 6.30. The molecule has 0 aromatic heterocycles. The van der Waals surface area contributed by atoms with Crippen molar-refractivity contribution in [2.75, 3.05) is 37.6 Å². The normalized spacial score (nSPS) is 14.2. The van der Waals surface area contributed by atoms with Gasteiger partial charge in [-0.05, 0) is 48.4 Å². The van der Waals surface area contributed by atoms with Crippen LogP contribution in [0.15, 0.2) is 72.8 Å². The molecule has 1 aliphatic heterocycles. The minimum Gasteiger partial charge on any atom is -0.368 e. The zero-order chi connectivity index (χ0) is 21.3. The Morgan fingerprint density at radius 3 is 1.90 bits per heavy atom. The summed E-state index contributed by atoms with van der Waals surface area (Å²) in [7, 11) is 0. The van der Waals surface area contributed by atoms with Crippen LogP contribution in [-0.4, -0.2) is 37.6 Å². The fraction of sp³-hybridized carbons (Fsp3) is 0.250. The average molecular weight is 482 g/mol. The topological polar surface area (TPSA) is 6.48 Å². The monoisotopic (exact) mass is 480 g/mol. The number of benzene rings is 3. The first-order valence-corrected chi connectivity index (χ1v) is 11.4. The Labute approximate surface area is 198 Å². The van der Waals surface area contributed by atoms with Gasteiger partial charge >= 0.3 is 0 Å². The van der Waals surface area contributed by atoms with Gasteiger partial charge in [-0.15, -0.1) is 0 Å². The molecule has 158 valence electrons. The van der Waals surface area contributed by atoms with Crippen molar-refractivity contribution in [3.63, 3.8) is 0 Å². The summed E-state index contributed by atoms with van der Waals surface area (Å²) in [5.74, 6) is 0. The van der Waals surface area contributed by atoms with Crippen molar-refractivity contribution in [3.8, 4) is 0 Å². The molecule has 3 aromatic carbocycles. The zero-order valence-corrected chi connectivity index (χ0v) is 19.6. The van der Waals surface area contributed by atoms with Gasteiger partial charge in [-0.2, -0.15) is 0 Å². The molecule has 0 amide bonds. The van der Waals surface area contributed by atoms with Crippen LogP contribution in [0.5, 0.6) is 0 Å². The molecule has 0 atom stereocenters. The second-order valence-electron chi connectivity index (χ2n) is 7.06. The molecular formula is C24H24Cl4N2. The molecule has 0 aliphatic carbocycles. The summed E-state index contributed by atoms with van der Waals surface area (Å²) in [4.78, 5) is 4.80. The van der Waals surface area contributed by atoms with Gasteiger partial charge in [0.1, 0.15) is 0 Å². The Kier molecular flexibility index (Phi) is 9.17. The quantitative estimate of drug-likeness (QED) is 0.384. The molecule has 1 aliphatic rings. The molecule has 1 fully saturated rings. The second-order valence-corrected chi connectivity index (χ2v) is 8.75. The lowest BCUT2D eigenvalue weighted by molar-refractivity contribution is 0.261. The van der Waals surface area contributed by atoms with E-state index in [0.29, 0.717) is 5.02 Å². The maximum atomic E-state index is 6.30. The van der Waals surface area contributed by atoms with E-state index in [1.54, 1.807) is 0 Å². The Balaban J connectivity index is 0.000000310. The van der Waals surface area contributed by atoms with Gasteiger partial charge in [0.25, 0.3) is 0 Å². The highest BCUT2D eigenvalue weighted by molar-refractivity contribution is 6.36. The summed E-state index contributed by atoms with van der Waals surface area (Å²) in [6.07, 6.45) is 0.987. The third-order valence-corrected chi connectivity index (χ3v) is 6.17. The summed E-state index contributed by atoms with van der Waals surface area (Å²) in [5, 5.41) is 3.06. The first kappa shape index (κ1) is 23.2. The van der Waals surface area contributed by atoms with Gasteiger partial charge in [0.05, 0.1) is 10.7 Å². The second kappa shape index (κ2) is 11.8. The number of nitrogens with zero attached hydrogens (tertiary/aromatic N) is 2. The number of anilines is 1. The molecule has 3 aromatic rings. The van der Waals surface area contributed by atoms with E-state index in [0.717, 1.165) is 59.9 Å². The van der Waals surface area contributed by atoms with E-state index < -0.39 is 0 Å². The van der Waals surface area contributed by atoms with Crippen LogP contribution in [0.4, 0.5) is 5.69 Å². The SMILES string of the molecule is Clc1ccc(N2CCN(CCc3ccccc3Cl)CC2)c(Cl)c1.Clc1ccccc1. The van der Waals surface area contributed by atoms with Crippen LogP contribution in [0.3, 0.4) is 0 Å². The molecule has 30 heavy (non-hydrogen) atoms. The van der Waals surface area contributed by atoms with Crippen molar-refractivity contribution in [2.45, 2.75) is 6.42 Å². The lowest BCUT2D eigenvalue weighted by Gasteiger charge is -2.36. The molecule has 2 nitrogen and oxygen atoms in total. The summed E-state index contributed by atoms with van der Waals surface area (Å²) in [6.45, 7) is 5.05. The number of piperazine rings is 1. The van der Waals surface area contributed by atoms with Crippen molar-refractivity contribution >= 4 is 52.1 Å². The van der Waals surface area contributed by atoms with Crippen LogP contribution in [0.2, 0.25) is 20.1 Å². The standard InChI is InChI=1S/C18H19Cl3N2.C6H5Cl/c19-15-5-6-18(17(21)13-15)23-11-9-22(10-12-23)8-7-14-3-1-2-4-16(14)20;7-6-4-2-1-3-5-6/h1-6,13H,7-12H2;1-5H. The summed E-state index contributed by atoms with van der Waals surface area (Å²) in [6, 6.07) is 23.2. The Morgan fingerprint density at radius 2 is 1.30 bits per heavy atom. The highest BCUT2D eigenvalue weighted by atomic mass is 35.5. The first-order valence-electron chi connectivity index (χ1n) is 9.89. The molecule has 0 N–H and O–H groups in total. The highest BCUT2D eigenvalue weighted by Gasteiger charge is 2.19. The first-order chi connectivity index (χ1) is 14.5. The van der Waals surface area contributed by atoms with Gasteiger partial charge in [-0.25, -0.2) is 0 Å². The molecular weight excluding hydrogens is 458 g/mol. The summed E-state index contributed by atoms with van der Waals surface area (Å²) < 4.78 is 0. The third kappa shape index (κ3) is 7.08. The molecule has 0 spiro atoms. The van der Waals surface area contributed by atoms with Gasteiger partial charge in [-0.3, -0.25) is 4.90 Å². The van der Waals surface area contributed by atoms with Gasteiger partial charge < -0.3 is 4.90 Å². The number of hydrogen-bond donors (Lipinski definition) is 0. The average Bonchev–Trinajstić information content (AvgIpc) is 2.75. The van der Waals surface area contributed by atoms with Gasteiger partial charge in [0.15, 0.2) is 0 Å². The molecule has 0 unspecified atom stereocenters. The Hall–Kier alpha value is -1.42. The van der Waals surface area contributed by atoms with Crippen LogP contribution in [0.1, 0.15) is 5.56 Å². The minimum atomic E-state index is 0.678. The van der Waals surface area contributed by atoms with Crippen LogP contribution >= 0.6 is 46.4 Å². The molecule has 4 rings (SSSR count). The fourth-order valence-corrected chi connectivity index (χ4v) is 4.25. The van der Waals surface area contributed by atoms with E-state index in [1.807, 2.05) is 66.7 Å².